The summed E-state index contributed by atoms with van der Waals surface area (Å²) in [6, 6.07) is 3.90. The van der Waals surface area contributed by atoms with Crippen LogP contribution in [0.25, 0.3) is 0 Å². The third-order valence-corrected chi connectivity index (χ3v) is 2.43. The number of ether oxygens (including phenoxy) is 2. The molecule has 0 radical (unpaired) electrons. The second kappa shape index (κ2) is 3.98. The highest BCUT2D eigenvalue weighted by molar-refractivity contribution is 5.46. The van der Waals surface area contributed by atoms with Gasteiger partial charge < -0.3 is 14.6 Å². The maximum atomic E-state index is 9.88. The minimum absolute atomic E-state index is 0.341. The van der Waals surface area contributed by atoms with Gasteiger partial charge in [-0.3, -0.25) is 0 Å². The molecule has 0 aromatic heterocycles. The van der Waals surface area contributed by atoms with Crippen molar-refractivity contribution in [2.24, 2.45) is 0 Å². The normalized spacial score (nSPS) is 14.4. The molecule has 0 saturated heterocycles. The molecule has 0 bridgehead atoms. The Kier molecular flexibility index (Phi) is 2.70. The Balaban J connectivity index is 2.26. The minimum Gasteiger partial charge on any atom is -0.507 e. The van der Waals surface area contributed by atoms with Gasteiger partial charge in [0.1, 0.15) is 5.75 Å². The van der Waals surface area contributed by atoms with Crippen LogP contribution < -0.4 is 0 Å². The van der Waals surface area contributed by atoms with Crippen molar-refractivity contribution in [2.75, 3.05) is 6.61 Å². The summed E-state index contributed by atoms with van der Waals surface area (Å²) in [6.45, 7) is 4.19. The lowest BCUT2D eigenvalue weighted by molar-refractivity contribution is 0.129. The fraction of sp³-hybridized carbons (Fsp3) is 0.455. The van der Waals surface area contributed by atoms with Crippen LogP contribution in [0.4, 0.5) is 0 Å². The van der Waals surface area contributed by atoms with Crippen molar-refractivity contribution in [3.63, 3.8) is 0 Å². The second-order valence-electron chi connectivity index (χ2n) is 3.34. The number of phenols is 1. The van der Waals surface area contributed by atoms with Gasteiger partial charge >= 0.3 is 0 Å². The Morgan fingerprint density at radius 1 is 1.43 bits per heavy atom. The van der Waals surface area contributed by atoms with Gasteiger partial charge in [0.05, 0.1) is 19.8 Å². The van der Waals surface area contributed by atoms with Crippen molar-refractivity contribution in [1.82, 2.24) is 0 Å². The summed E-state index contributed by atoms with van der Waals surface area (Å²) in [5, 5.41) is 9.88. The van der Waals surface area contributed by atoms with E-state index in [1.807, 2.05) is 19.1 Å². The smallest absolute Gasteiger partial charge is 0.126 e. The Morgan fingerprint density at radius 3 is 3.07 bits per heavy atom. The first kappa shape index (κ1) is 9.49. The molecule has 0 atom stereocenters. The zero-order valence-electron chi connectivity index (χ0n) is 8.25. The molecule has 3 nitrogen and oxygen atoms in total. The largest absolute Gasteiger partial charge is 0.507 e. The number of aromatic hydroxyl groups is 1. The minimum atomic E-state index is 0.341. The summed E-state index contributed by atoms with van der Waals surface area (Å²) in [5.74, 6) is 0.341. The molecule has 3 heteroatoms. The summed E-state index contributed by atoms with van der Waals surface area (Å²) in [5.41, 5.74) is 2.85. The van der Waals surface area contributed by atoms with Crippen molar-refractivity contribution in [3.05, 3.63) is 28.8 Å². The number of hydrogen-bond donors (Lipinski definition) is 1. The average molecular weight is 194 g/mol. The van der Waals surface area contributed by atoms with E-state index < -0.39 is 0 Å². The van der Waals surface area contributed by atoms with Gasteiger partial charge in [0.25, 0.3) is 0 Å². The van der Waals surface area contributed by atoms with E-state index >= 15 is 0 Å². The predicted octanol–water partition coefficient (Wildman–Crippen LogP) is 1.96. The van der Waals surface area contributed by atoms with Crippen molar-refractivity contribution < 1.29 is 14.6 Å². The molecule has 0 fully saturated rings. The van der Waals surface area contributed by atoms with Gasteiger partial charge in [-0.25, -0.2) is 0 Å². The number of hydrogen-bond acceptors (Lipinski definition) is 3. The number of phenolic OH excluding ortho intramolecular Hbond substituents is 1. The van der Waals surface area contributed by atoms with Gasteiger partial charge in [-0.2, -0.15) is 0 Å². The Labute approximate surface area is 83.3 Å². The van der Waals surface area contributed by atoms with Crippen molar-refractivity contribution >= 4 is 0 Å². The number of rotatable bonds is 3. The highest BCUT2D eigenvalue weighted by Gasteiger charge is 2.17. The molecule has 0 amide bonds. The molecule has 2 rings (SSSR count). The van der Waals surface area contributed by atoms with Crippen molar-refractivity contribution in [3.8, 4) is 5.75 Å². The second-order valence-corrected chi connectivity index (χ2v) is 3.34. The van der Waals surface area contributed by atoms with E-state index in [-0.39, 0.29) is 0 Å². The molecule has 1 aliphatic rings. The maximum Gasteiger partial charge on any atom is 0.126 e. The molecule has 1 aromatic carbocycles. The van der Waals surface area contributed by atoms with Crippen LogP contribution in [-0.2, 0) is 29.3 Å². The van der Waals surface area contributed by atoms with Crippen LogP contribution in [-0.4, -0.2) is 11.7 Å². The average Bonchev–Trinajstić information content (AvgIpc) is 2.66. The molecular formula is C11H14O3. The predicted molar refractivity (Wildman–Crippen MR) is 51.9 cm³/mol. The molecule has 1 N–H and O–H groups in total. The van der Waals surface area contributed by atoms with Gasteiger partial charge in [0.2, 0.25) is 0 Å². The lowest BCUT2D eigenvalue weighted by Gasteiger charge is -2.07. The topological polar surface area (TPSA) is 38.7 Å². The number of benzene rings is 1. The highest BCUT2D eigenvalue weighted by atomic mass is 16.5. The standard InChI is InChI=1S/C11H14O3/c1-2-13-6-9-4-3-8-5-14-7-10(8)11(9)12/h3-4,12H,2,5-7H2,1H3. The lowest BCUT2D eigenvalue weighted by atomic mass is 10.1. The van der Waals surface area contributed by atoms with Gasteiger partial charge in [-0.05, 0) is 12.5 Å². The van der Waals surface area contributed by atoms with Crippen molar-refractivity contribution in [1.29, 1.82) is 0 Å². The van der Waals surface area contributed by atoms with Crippen LogP contribution >= 0.6 is 0 Å². The zero-order valence-corrected chi connectivity index (χ0v) is 8.25. The first-order valence-electron chi connectivity index (χ1n) is 4.81. The van der Waals surface area contributed by atoms with Crippen molar-refractivity contribution in [2.45, 2.75) is 26.7 Å². The molecule has 0 unspecified atom stereocenters. The van der Waals surface area contributed by atoms with E-state index in [1.165, 1.54) is 0 Å². The molecule has 1 heterocycles. The molecule has 0 saturated carbocycles. The van der Waals surface area contributed by atoms with E-state index in [4.69, 9.17) is 9.47 Å². The van der Waals surface area contributed by atoms with E-state index in [1.54, 1.807) is 0 Å². The first-order valence-corrected chi connectivity index (χ1v) is 4.81. The maximum absolute atomic E-state index is 9.88. The summed E-state index contributed by atoms with van der Waals surface area (Å²) in [6.07, 6.45) is 0. The lowest BCUT2D eigenvalue weighted by Crippen LogP contribution is -1.95. The molecular weight excluding hydrogens is 180 g/mol. The molecule has 1 aromatic rings. The molecule has 1 aliphatic heterocycles. The Morgan fingerprint density at radius 2 is 2.29 bits per heavy atom. The Bertz CT molecular complexity index is 334. The van der Waals surface area contributed by atoms with Gasteiger partial charge in [0.15, 0.2) is 0 Å². The third kappa shape index (κ3) is 1.61. The SMILES string of the molecule is CCOCc1ccc2c(c1O)COC2. The Hall–Kier alpha value is -1.06. The first-order chi connectivity index (χ1) is 6.83. The molecule has 0 spiro atoms. The van der Waals surface area contributed by atoms with Crippen LogP contribution in [0.2, 0.25) is 0 Å². The van der Waals surface area contributed by atoms with E-state index in [2.05, 4.69) is 0 Å². The van der Waals surface area contributed by atoms with Gasteiger partial charge in [0, 0.05) is 17.7 Å². The van der Waals surface area contributed by atoms with Crippen LogP contribution in [0.1, 0.15) is 23.6 Å². The fourth-order valence-electron chi connectivity index (χ4n) is 1.61. The molecule has 0 aliphatic carbocycles. The van der Waals surface area contributed by atoms with Crippen LogP contribution in [0.3, 0.4) is 0 Å². The van der Waals surface area contributed by atoms with Gasteiger partial charge in [-0.1, -0.05) is 12.1 Å². The van der Waals surface area contributed by atoms with Gasteiger partial charge in [-0.15, -0.1) is 0 Å². The monoisotopic (exact) mass is 194 g/mol. The van der Waals surface area contributed by atoms with E-state index in [0.29, 0.717) is 32.2 Å². The van der Waals surface area contributed by atoms with Crippen LogP contribution in [0.15, 0.2) is 12.1 Å². The van der Waals surface area contributed by atoms with E-state index in [0.717, 1.165) is 16.7 Å². The third-order valence-electron chi connectivity index (χ3n) is 2.43. The zero-order chi connectivity index (χ0) is 9.97. The molecule has 76 valence electrons. The van der Waals surface area contributed by atoms with Crippen LogP contribution in [0.5, 0.6) is 5.75 Å². The summed E-state index contributed by atoms with van der Waals surface area (Å²) < 4.78 is 10.5. The van der Waals surface area contributed by atoms with Crippen LogP contribution in [0, 0.1) is 0 Å². The van der Waals surface area contributed by atoms with E-state index in [9.17, 15) is 5.11 Å². The fourth-order valence-corrected chi connectivity index (χ4v) is 1.61. The highest BCUT2D eigenvalue weighted by Crippen LogP contribution is 2.31. The quantitative estimate of drug-likeness (QED) is 0.799. The summed E-state index contributed by atoms with van der Waals surface area (Å²) in [4.78, 5) is 0. The molecule has 14 heavy (non-hydrogen) atoms. The summed E-state index contributed by atoms with van der Waals surface area (Å²) in [7, 11) is 0. The summed E-state index contributed by atoms with van der Waals surface area (Å²) >= 11 is 0. The number of fused-ring (bicyclic) bond motifs is 1.